The van der Waals surface area contributed by atoms with Gasteiger partial charge < -0.3 is 15.4 Å². The van der Waals surface area contributed by atoms with E-state index in [4.69, 9.17) is 15.5 Å². The van der Waals surface area contributed by atoms with Crippen molar-refractivity contribution in [2.75, 3.05) is 31.3 Å². The quantitative estimate of drug-likeness (QED) is 0.841. The minimum atomic E-state index is -0.448. The van der Waals surface area contributed by atoms with Crippen LogP contribution in [0.2, 0.25) is 0 Å². The molecule has 0 aliphatic carbocycles. The van der Waals surface area contributed by atoms with Crippen LogP contribution in [-0.2, 0) is 17.7 Å². The predicted octanol–water partition coefficient (Wildman–Crippen LogP) is 3.27. The van der Waals surface area contributed by atoms with Gasteiger partial charge in [0.25, 0.3) is 0 Å². The number of carbonyl (C=O) groups excluding carboxylic acids is 1. The third-order valence-corrected chi connectivity index (χ3v) is 5.40. The molecule has 1 unspecified atom stereocenters. The Morgan fingerprint density at radius 1 is 1.30 bits per heavy atom. The number of ether oxygens (including phenoxy) is 1. The second kappa shape index (κ2) is 6.70. The Bertz CT molecular complexity index is 924. The van der Waals surface area contributed by atoms with Gasteiger partial charge in [0.1, 0.15) is 5.82 Å². The number of methoxy groups -OCH3 is 1. The maximum Gasteiger partial charge on any atom is 0.419 e. The van der Waals surface area contributed by atoms with Crippen LogP contribution >= 0.6 is 0 Å². The molecule has 2 aliphatic heterocycles. The summed E-state index contributed by atoms with van der Waals surface area (Å²) >= 11 is 0. The van der Waals surface area contributed by atoms with Gasteiger partial charge in [-0.3, -0.25) is 0 Å². The molecule has 0 spiro atoms. The van der Waals surface area contributed by atoms with Crippen molar-refractivity contribution in [3.8, 4) is 0 Å². The van der Waals surface area contributed by atoms with Gasteiger partial charge in [-0.05, 0) is 19.5 Å². The van der Waals surface area contributed by atoms with Gasteiger partial charge in [0.2, 0.25) is 0 Å². The van der Waals surface area contributed by atoms with Crippen molar-refractivity contribution in [2.24, 2.45) is 0 Å². The SMILES string of the molecule is COC(=O)N1C(C)=CC(c2ccccc2)c2c1nc1c(c2N)CN(C)CC1. The zero-order valence-corrected chi connectivity index (χ0v) is 15.9. The van der Waals surface area contributed by atoms with Crippen molar-refractivity contribution < 1.29 is 9.53 Å². The standard InChI is InChI=1S/C21H24N4O2/c1-13-11-15(14-7-5-4-6-8-14)18-19(22)16-12-24(2)10-9-17(16)23-20(18)25(13)21(26)27-3/h4-8,11,15H,9-10,12H2,1-3H3,(H2,22,23). The molecule has 6 heteroatoms. The van der Waals surface area contributed by atoms with E-state index in [9.17, 15) is 4.79 Å². The number of hydrogen-bond acceptors (Lipinski definition) is 5. The van der Waals surface area contributed by atoms with Crippen LogP contribution in [-0.4, -0.2) is 36.7 Å². The third kappa shape index (κ3) is 2.86. The van der Waals surface area contributed by atoms with E-state index in [2.05, 4.69) is 30.2 Å². The zero-order valence-electron chi connectivity index (χ0n) is 15.9. The highest BCUT2D eigenvalue weighted by Crippen LogP contribution is 2.45. The number of pyridine rings is 1. The van der Waals surface area contributed by atoms with Crippen LogP contribution in [0.4, 0.5) is 16.3 Å². The van der Waals surface area contributed by atoms with Crippen LogP contribution in [0.5, 0.6) is 0 Å². The van der Waals surface area contributed by atoms with Crippen molar-refractivity contribution in [1.29, 1.82) is 0 Å². The van der Waals surface area contributed by atoms with Crippen molar-refractivity contribution in [3.05, 3.63) is 64.5 Å². The van der Waals surface area contributed by atoms with Crippen LogP contribution in [0.15, 0.2) is 42.1 Å². The van der Waals surface area contributed by atoms with Crippen LogP contribution in [0, 0.1) is 0 Å². The van der Waals surface area contributed by atoms with Gasteiger partial charge in [0.05, 0.1) is 12.8 Å². The molecular weight excluding hydrogens is 340 g/mol. The molecule has 0 saturated heterocycles. The second-order valence-electron chi connectivity index (χ2n) is 7.18. The summed E-state index contributed by atoms with van der Waals surface area (Å²) < 4.78 is 5.02. The Morgan fingerprint density at radius 3 is 2.74 bits per heavy atom. The van der Waals surface area contributed by atoms with E-state index in [1.807, 2.05) is 25.1 Å². The number of benzene rings is 1. The Hall–Kier alpha value is -2.86. The molecule has 3 heterocycles. The number of allylic oxidation sites excluding steroid dienone is 2. The predicted molar refractivity (Wildman–Crippen MR) is 106 cm³/mol. The first kappa shape index (κ1) is 17.5. The lowest BCUT2D eigenvalue weighted by Gasteiger charge is -2.35. The molecule has 6 nitrogen and oxygen atoms in total. The molecule has 1 atom stereocenters. The van der Waals surface area contributed by atoms with Crippen LogP contribution < -0.4 is 10.6 Å². The number of amides is 1. The van der Waals surface area contributed by atoms with Gasteiger partial charge in [0.15, 0.2) is 0 Å². The lowest BCUT2D eigenvalue weighted by molar-refractivity contribution is 0.180. The fourth-order valence-electron chi connectivity index (χ4n) is 4.01. The molecule has 2 N–H and O–H groups in total. The van der Waals surface area contributed by atoms with Crippen LogP contribution in [0.3, 0.4) is 0 Å². The van der Waals surface area contributed by atoms with E-state index in [1.54, 1.807) is 0 Å². The zero-order chi connectivity index (χ0) is 19.1. The number of nitrogens with two attached hydrogens (primary N) is 1. The highest BCUT2D eigenvalue weighted by molar-refractivity contribution is 5.94. The van der Waals surface area contributed by atoms with Gasteiger partial charge in [-0.1, -0.05) is 36.4 Å². The Kier molecular flexibility index (Phi) is 4.36. The summed E-state index contributed by atoms with van der Waals surface area (Å²) in [6.45, 7) is 3.60. The Morgan fingerprint density at radius 2 is 2.04 bits per heavy atom. The normalized spacial score (nSPS) is 19.1. The minimum Gasteiger partial charge on any atom is -0.452 e. The van der Waals surface area contributed by atoms with E-state index in [0.29, 0.717) is 5.82 Å². The first-order chi connectivity index (χ1) is 13.0. The third-order valence-electron chi connectivity index (χ3n) is 5.40. The summed E-state index contributed by atoms with van der Waals surface area (Å²) in [4.78, 5) is 21.2. The summed E-state index contributed by atoms with van der Waals surface area (Å²) in [6, 6.07) is 10.2. The van der Waals surface area contributed by atoms with Gasteiger partial charge in [0, 0.05) is 47.9 Å². The van der Waals surface area contributed by atoms with E-state index >= 15 is 0 Å². The molecule has 2 aromatic rings. The van der Waals surface area contributed by atoms with Crippen LogP contribution in [0.25, 0.3) is 0 Å². The molecule has 1 aromatic carbocycles. The maximum atomic E-state index is 12.5. The molecule has 0 saturated carbocycles. The molecule has 2 aliphatic rings. The molecule has 1 aromatic heterocycles. The molecule has 4 rings (SSSR count). The van der Waals surface area contributed by atoms with Gasteiger partial charge in [-0.25, -0.2) is 14.7 Å². The number of fused-ring (bicyclic) bond motifs is 2. The minimum absolute atomic E-state index is 0.0489. The van der Waals surface area contributed by atoms with E-state index in [0.717, 1.165) is 53.3 Å². The van der Waals surface area contributed by atoms with E-state index in [-0.39, 0.29) is 5.92 Å². The number of aromatic nitrogens is 1. The average Bonchev–Trinajstić information content (AvgIpc) is 2.68. The molecular formula is C21H24N4O2. The summed E-state index contributed by atoms with van der Waals surface area (Å²) in [5.41, 5.74) is 12.3. The lowest BCUT2D eigenvalue weighted by atomic mass is 9.85. The summed E-state index contributed by atoms with van der Waals surface area (Å²) in [7, 11) is 3.47. The number of nitrogen functional groups attached to an aromatic ring is 1. The first-order valence-corrected chi connectivity index (χ1v) is 9.12. The second-order valence-corrected chi connectivity index (χ2v) is 7.18. The highest BCUT2D eigenvalue weighted by atomic mass is 16.5. The molecule has 0 fully saturated rings. The molecule has 0 bridgehead atoms. The number of hydrogen-bond donors (Lipinski definition) is 1. The molecule has 140 valence electrons. The molecule has 0 radical (unpaired) electrons. The van der Waals surface area contributed by atoms with Crippen molar-refractivity contribution >= 4 is 17.6 Å². The maximum absolute atomic E-state index is 12.5. The topological polar surface area (TPSA) is 71.7 Å². The van der Waals surface area contributed by atoms with E-state index in [1.165, 1.54) is 12.0 Å². The first-order valence-electron chi connectivity index (χ1n) is 9.12. The fraction of sp³-hybridized carbons (Fsp3) is 0.333. The van der Waals surface area contributed by atoms with Crippen molar-refractivity contribution in [3.63, 3.8) is 0 Å². The number of anilines is 2. The molecule has 27 heavy (non-hydrogen) atoms. The number of carbonyl (C=O) groups is 1. The lowest BCUT2D eigenvalue weighted by Crippen LogP contribution is -2.36. The van der Waals surface area contributed by atoms with Crippen molar-refractivity contribution in [2.45, 2.75) is 25.8 Å². The summed E-state index contributed by atoms with van der Waals surface area (Å²) in [6.07, 6.45) is 2.43. The number of rotatable bonds is 1. The largest absolute Gasteiger partial charge is 0.452 e. The Labute approximate surface area is 159 Å². The average molecular weight is 364 g/mol. The summed E-state index contributed by atoms with van der Waals surface area (Å²) in [5.74, 6) is 0.545. The number of nitrogens with zero attached hydrogens (tertiary/aromatic N) is 3. The monoisotopic (exact) mass is 364 g/mol. The summed E-state index contributed by atoms with van der Waals surface area (Å²) in [5, 5.41) is 0. The van der Waals surface area contributed by atoms with Gasteiger partial charge >= 0.3 is 6.09 Å². The molecule has 1 amide bonds. The highest BCUT2D eigenvalue weighted by Gasteiger charge is 2.35. The van der Waals surface area contributed by atoms with Gasteiger partial charge in [-0.2, -0.15) is 0 Å². The smallest absolute Gasteiger partial charge is 0.419 e. The Balaban J connectivity index is 1.97. The number of likely N-dealkylation sites (N-methyl/N-ethyl adjacent to an activating group) is 1. The fourth-order valence-corrected chi connectivity index (χ4v) is 4.01. The van der Waals surface area contributed by atoms with Gasteiger partial charge in [-0.15, -0.1) is 0 Å². The van der Waals surface area contributed by atoms with Crippen molar-refractivity contribution in [1.82, 2.24) is 9.88 Å². The van der Waals surface area contributed by atoms with E-state index < -0.39 is 6.09 Å². The van der Waals surface area contributed by atoms with Crippen LogP contribution in [0.1, 0.15) is 35.2 Å².